The summed E-state index contributed by atoms with van der Waals surface area (Å²) in [5.74, 6) is 0.241. The van der Waals surface area contributed by atoms with Crippen molar-refractivity contribution in [2.45, 2.75) is 33.9 Å². The van der Waals surface area contributed by atoms with Crippen molar-refractivity contribution in [2.24, 2.45) is 4.99 Å². The number of ether oxygens (including phenoxy) is 3. The van der Waals surface area contributed by atoms with E-state index < -0.39 is 5.97 Å². The third-order valence-electron chi connectivity index (χ3n) is 7.48. The molecule has 1 aliphatic rings. The average molecular weight is 588 g/mol. The highest BCUT2D eigenvalue weighted by molar-refractivity contribution is 6.12. The molecule has 6 rings (SSSR count). The summed E-state index contributed by atoms with van der Waals surface area (Å²) in [7, 11) is 0. The van der Waals surface area contributed by atoms with Crippen molar-refractivity contribution < 1.29 is 23.8 Å². The van der Waals surface area contributed by atoms with E-state index in [0.717, 1.165) is 39.7 Å². The summed E-state index contributed by atoms with van der Waals surface area (Å²) in [5, 5.41) is 2.28. The van der Waals surface area contributed by atoms with Crippen LogP contribution in [-0.2, 0) is 27.4 Å². The minimum atomic E-state index is -0.402. The van der Waals surface area contributed by atoms with Gasteiger partial charge >= 0.3 is 12.0 Å². The topological polar surface area (TPSA) is 82.4 Å². The highest BCUT2D eigenvalue weighted by atomic mass is 16.5. The first kappa shape index (κ1) is 28.7. The molecule has 0 atom stereocenters. The van der Waals surface area contributed by atoms with Gasteiger partial charge in [0.05, 0.1) is 31.0 Å². The summed E-state index contributed by atoms with van der Waals surface area (Å²) in [6.07, 6.45) is 1.76. The molecule has 0 unspecified atom stereocenters. The summed E-state index contributed by atoms with van der Waals surface area (Å²) in [4.78, 5) is 32.1. The van der Waals surface area contributed by atoms with E-state index in [1.54, 1.807) is 37.3 Å². The molecule has 8 nitrogen and oxygen atoms in total. The first-order valence-corrected chi connectivity index (χ1v) is 14.8. The Balaban J connectivity index is 1.35. The molecule has 1 aromatic heterocycles. The summed E-state index contributed by atoms with van der Waals surface area (Å²) in [5.41, 5.74) is 5.01. The number of aliphatic imine (C=N–C) groups is 1. The molecule has 1 saturated heterocycles. The van der Waals surface area contributed by atoms with Crippen molar-refractivity contribution in [3.8, 4) is 5.75 Å². The lowest BCUT2D eigenvalue weighted by Crippen LogP contribution is -2.29. The number of rotatable bonds is 9. The van der Waals surface area contributed by atoms with Gasteiger partial charge in [-0.3, -0.25) is 9.69 Å². The number of para-hydroxylation sites is 1. The van der Waals surface area contributed by atoms with Crippen molar-refractivity contribution in [2.75, 3.05) is 13.2 Å². The maximum atomic E-state index is 13.8. The minimum Gasteiger partial charge on any atom is -0.494 e. The molecule has 0 saturated carbocycles. The number of hydrogen-bond acceptors (Lipinski definition) is 6. The Labute approximate surface area is 255 Å². The summed E-state index contributed by atoms with van der Waals surface area (Å²) in [6, 6.07) is 28.9. The Morgan fingerprint density at radius 1 is 0.864 bits per heavy atom. The highest BCUT2D eigenvalue weighted by Gasteiger charge is 2.35. The molecule has 8 heteroatoms. The third kappa shape index (κ3) is 5.66. The van der Waals surface area contributed by atoms with Gasteiger partial charge in [-0.1, -0.05) is 36.4 Å². The lowest BCUT2D eigenvalue weighted by Gasteiger charge is -2.14. The van der Waals surface area contributed by atoms with Crippen LogP contribution in [0.2, 0.25) is 0 Å². The molecule has 0 radical (unpaired) electrons. The van der Waals surface area contributed by atoms with Gasteiger partial charge in [0.1, 0.15) is 5.75 Å². The van der Waals surface area contributed by atoms with Crippen molar-refractivity contribution in [1.82, 2.24) is 9.47 Å². The van der Waals surface area contributed by atoms with Crippen LogP contribution in [0.4, 0.5) is 5.69 Å². The number of aromatic nitrogens is 1. The summed E-state index contributed by atoms with van der Waals surface area (Å²) < 4.78 is 19.1. The molecule has 1 amide bonds. The normalized spacial score (nSPS) is 15.0. The average Bonchev–Trinajstić information content (AvgIpc) is 3.51. The van der Waals surface area contributed by atoms with Gasteiger partial charge in [-0.05, 0) is 92.6 Å². The Morgan fingerprint density at radius 3 is 2.34 bits per heavy atom. The Morgan fingerprint density at radius 2 is 1.61 bits per heavy atom. The molecule has 0 N–H and O–H groups in total. The van der Waals surface area contributed by atoms with Gasteiger partial charge in [0.25, 0.3) is 5.91 Å². The highest BCUT2D eigenvalue weighted by Crippen LogP contribution is 2.31. The second-order valence-corrected chi connectivity index (χ2v) is 10.3. The molecule has 0 aliphatic carbocycles. The largest absolute Gasteiger partial charge is 0.494 e. The van der Waals surface area contributed by atoms with Crippen molar-refractivity contribution in [1.29, 1.82) is 0 Å². The summed E-state index contributed by atoms with van der Waals surface area (Å²) in [6.45, 7) is 7.81. The predicted molar refractivity (Wildman–Crippen MR) is 172 cm³/mol. The Bertz CT molecular complexity index is 1900. The number of nitrogens with zero attached hydrogens (tertiary/aromatic N) is 3. The molecule has 2 heterocycles. The van der Waals surface area contributed by atoms with E-state index in [-0.39, 0.29) is 24.2 Å². The maximum absolute atomic E-state index is 13.8. The van der Waals surface area contributed by atoms with E-state index in [4.69, 9.17) is 14.2 Å². The third-order valence-corrected chi connectivity index (χ3v) is 7.48. The summed E-state index contributed by atoms with van der Waals surface area (Å²) >= 11 is 0. The van der Waals surface area contributed by atoms with Crippen LogP contribution in [0.3, 0.4) is 0 Å². The SMILES string of the molecule is CCOC(=O)c1ccc(N=C2O/C(=C/c3ccc4c(c3)c3ccccc3n4CC)C(=O)N2Cc2ccc(OCC)cc2)cc1. The van der Waals surface area contributed by atoms with E-state index in [1.165, 1.54) is 10.4 Å². The zero-order valence-corrected chi connectivity index (χ0v) is 24.9. The van der Waals surface area contributed by atoms with Gasteiger partial charge in [0.15, 0.2) is 5.76 Å². The van der Waals surface area contributed by atoms with Crippen LogP contribution in [0.15, 0.2) is 102 Å². The van der Waals surface area contributed by atoms with Crippen LogP contribution in [-0.4, -0.2) is 40.6 Å². The van der Waals surface area contributed by atoms with Gasteiger partial charge in [-0.15, -0.1) is 0 Å². The number of carbonyl (C=O) groups is 2. The zero-order chi connectivity index (χ0) is 30.6. The molecule has 0 spiro atoms. The van der Waals surface area contributed by atoms with E-state index in [2.05, 4.69) is 40.7 Å². The van der Waals surface area contributed by atoms with Crippen LogP contribution in [0.1, 0.15) is 42.3 Å². The molecular weight excluding hydrogens is 554 g/mol. The van der Waals surface area contributed by atoms with Gasteiger partial charge in [-0.2, -0.15) is 4.99 Å². The molecule has 1 aliphatic heterocycles. The Kier molecular flexibility index (Phi) is 8.14. The smallest absolute Gasteiger partial charge is 0.338 e. The van der Waals surface area contributed by atoms with Crippen molar-refractivity contribution in [3.05, 3.63) is 113 Å². The molecule has 222 valence electrons. The molecular formula is C36H33N3O5. The van der Waals surface area contributed by atoms with Gasteiger partial charge in [0, 0.05) is 28.4 Å². The van der Waals surface area contributed by atoms with E-state index in [0.29, 0.717) is 24.5 Å². The van der Waals surface area contributed by atoms with Crippen LogP contribution in [0.25, 0.3) is 27.9 Å². The number of amidine groups is 1. The fraction of sp³-hybridized carbons (Fsp3) is 0.194. The number of esters is 1. The number of carbonyl (C=O) groups excluding carboxylic acids is 2. The number of fused-ring (bicyclic) bond motifs is 3. The maximum Gasteiger partial charge on any atom is 0.338 e. The van der Waals surface area contributed by atoms with Crippen LogP contribution in [0, 0.1) is 0 Å². The predicted octanol–water partition coefficient (Wildman–Crippen LogP) is 7.48. The lowest BCUT2D eigenvalue weighted by molar-refractivity contribution is -0.123. The molecule has 4 aromatic carbocycles. The van der Waals surface area contributed by atoms with Crippen LogP contribution < -0.4 is 4.74 Å². The quantitative estimate of drug-likeness (QED) is 0.132. The van der Waals surface area contributed by atoms with E-state index in [1.807, 2.05) is 49.4 Å². The minimum absolute atomic E-state index is 0.155. The zero-order valence-electron chi connectivity index (χ0n) is 24.9. The number of benzene rings is 4. The van der Waals surface area contributed by atoms with Gasteiger partial charge in [-0.25, -0.2) is 4.79 Å². The second-order valence-electron chi connectivity index (χ2n) is 10.3. The second kappa shape index (κ2) is 12.5. The van der Waals surface area contributed by atoms with Crippen LogP contribution in [0.5, 0.6) is 5.75 Å². The van der Waals surface area contributed by atoms with Crippen molar-refractivity contribution >= 4 is 51.5 Å². The number of hydrogen-bond donors (Lipinski definition) is 0. The number of amides is 1. The molecule has 1 fully saturated rings. The standard InChI is InChI=1S/C36H33N3O5/c1-4-38-31-10-8-7-9-29(31)30-21-25(13-20-32(30)38)22-33-34(40)39(23-24-11-18-28(19-12-24)42-5-2)36(44-33)37-27-16-14-26(15-17-27)35(41)43-6-3/h7-22H,4-6,23H2,1-3H3/b33-22+,37-36?. The number of aryl methyl sites for hydroxylation is 1. The van der Waals surface area contributed by atoms with Gasteiger partial charge < -0.3 is 18.8 Å². The van der Waals surface area contributed by atoms with Gasteiger partial charge in [0.2, 0.25) is 0 Å². The first-order valence-electron chi connectivity index (χ1n) is 14.8. The Hall–Kier alpha value is -5.37. The fourth-order valence-electron chi connectivity index (χ4n) is 5.42. The fourth-order valence-corrected chi connectivity index (χ4v) is 5.42. The van der Waals surface area contributed by atoms with E-state index in [9.17, 15) is 9.59 Å². The van der Waals surface area contributed by atoms with Crippen molar-refractivity contribution in [3.63, 3.8) is 0 Å². The van der Waals surface area contributed by atoms with E-state index >= 15 is 0 Å². The molecule has 0 bridgehead atoms. The lowest BCUT2D eigenvalue weighted by atomic mass is 10.1. The molecule has 44 heavy (non-hydrogen) atoms. The first-order chi connectivity index (χ1) is 21.5. The van der Waals surface area contributed by atoms with Crippen LogP contribution >= 0.6 is 0 Å². The monoisotopic (exact) mass is 587 g/mol. The molecule has 5 aromatic rings.